The first-order valence-corrected chi connectivity index (χ1v) is 8.64. The summed E-state index contributed by atoms with van der Waals surface area (Å²) in [6, 6.07) is 7.54. The van der Waals surface area contributed by atoms with E-state index in [4.69, 9.17) is 0 Å². The van der Waals surface area contributed by atoms with Crippen LogP contribution >= 0.6 is 0 Å². The highest BCUT2D eigenvalue weighted by Crippen LogP contribution is 2.32. The fraction of sp³-hybridized carbons (Fsp3) is 0.556. The van der Waals surface area contributed by atoms with Crippen molar-refractivity contribution in [3.8, 4) is 0 Å². The van der Waals surface area contributed by atoms with E-state index < -0.39 is 0 Å². The zero-order chi connectivity index (χ0) is 16.0. The molecule has 23 heavy (non-hydrogen) atoms. The van der Waals surface area contributed by atoms with Crippen molar-refractivity contribution < 1.29 is 4.79 Å². The monoisotopic (exact) mass is 312 g/mol. The lowest BCUT2D eigenvalue weighted by Crippen LogP contribution is -2.44. The second kappa shape index (κ2) is 5.64. The van der Waals surface area contributed by atoms with E-state index in [0.717, 1.165) is 36.0 Å². The fourth-order valence-electron chi connectivity index (χ4n) is 4.46. The molecule has 3 heterocycles. The predicted octanol–water partition coefficient (Wildman–Crippen LogP) is 2.65. The molecule has 2 unspecified atom stereocenters. The molecule has 2 aromatic rings. The molecule has 1 aromatic heterocycles. The van der Waals surface area contributed by atoms with Gasteiger partial charge in [0.1, 0.15) is 0 Å². The van der Waals surface area contributed by atoms with Gasteiger partial charge in [0.15, 0.2) is 0 Å². The smallest absolute Gasteiger partial charge is 0.256 e. The number of hydrogen-bond acceptors (Lipinski definition) is 3. The van der Waals surface area contributed by atoms with Gasteiger partial charge in [-0.2, -0.15) is 5.10 Å². The van der Waals surface area contributed by atoms with E-state index in [1.807, 2.05) is 18.2 Å². The van der Waals surface area contributed by atoms with Crippen LogP contribution in [0.4, 0.5) is 0 Å². The van der Waals surface area contributed by atoms with Crippen molar-refractivity contribution in [1.82, 2.24) is 20.0 Å². The molecule has 2 atom stereocenters. The molecule has 0 aliphatic carbocycles. The maximum Gasteiger partial charge on any atom is 0.256 e. The summed E-state index contributed by atoms with van der Waals surface area (Å²) in [5, 5.41) is 8.05. The van der Waals surface area contributed by atoms with Gasteiger partial charge in [0.05, 0.1) is 17.3 Å². The fourth-order valence-corrected chi connectivity index (χ4v) is 4.46. The third-order valence-corrected chi connectivity index (χ3v) is 5.43. The summed E-state index contributed by atoms with van der Waals surface area (Å²) < 4.78 is 0. The largest absolute Gasteiger partial charge is 0.337 e. The van der Waals surface area contributed by atoms with E-state index in [1.54, 1.807) is 6.20 Å². The van der Waals surface area contributed by atoms with Crippen LogP contribution in [-0.2, 0) is 0 Å². The number of nitrogens with zero attached hydrogens (tertiary/aromatic N) is 3. The number of aromatic nitrogens is 2. The number of carbonyl (C=O) groups excluding carboxylic acids is 1. The highest BCUT2D eigenvalue weighted by Gasteiger charge is 2.39. The normalized spacial score (nSPS) is 25.3. The average Bonchev–Trinajstić information content (AvgIpc) is 3.10. The van der Waals surface area contributed by atoms with Crippen molar-refractivity contribution in [2.24, 2.45) is 0 Å². The summed E-state index contributed by atoms with van der Waals surface area (Å²) in [7, 11) is 0. The summed E-state index contributed by atoms with van der Waals surface area (Å²) in [4.78, 5) is 17.8. The van der Waals surface area contributed by atoms with Gasteiger partial charge in [-0.1, -0.05) is 12.1 Å². The highest BCUT2D eigenvalue weighted by molar-refractivity contribution is 6.05. The maximum absolute atomic E-state index is 13.1. The summed E-state index contributed by atoms with van der Waals surface area (Å²) >= 11 is 0. The Morgan fingerprint density at radius 2 is 2.09 bits per heavy atom. The minimum absolute atomic E-state index is 0.135. The van der Waals surface area contributed by atoms with Crippen molar-refractivity contribution >= 4 is 16.8 Å². The molecule has 2 aliphatic heterocycles. The molecule has 5 nitrogen and oxygen atoms in total. The SMILES string of the molecule is CC(C)N1C2CCC1CN(C(=O)c1cccc3cn[nH]c13)CC2. The van der Waals surface area contributed by atoms with Gasteiger partial charge >= 0.3 is 0 Å². The van der Waals surface area contributed by atoms with Crippen LogP contribution in [-0.4, -0.2) is 57.1 Å². The minimum atomic E-state index is 0.135. The van der Waals surface area contributed by atoms with E-state index in [1.165, 1.54) is 12.8 Å². The number of benzene rings is 1. The Balaban J connectivity index is 1.61. The number of hydrogen-bond donors (Lipinski definition) is 1. The average molecular weight is 312 g/mol. The molecule has 5 heteroatoms. The van der Waals surface area contributed by atoms with Crippen LogP contribution in [0, 0.1) is 0 Å². The molecule has 1 amide bonds. The summed E-state index contributed by atoms with van der Waals surface area (Å²) in [6.45, 7) is 6.24. The number of carbonyl (C=O) groups is 1. The Labute approximate surface area is 136 Å². The third-order valence-electron chi connectivity index (χ3n) is 5.43. The second-order valence-corrected chi connectivity index (χ2v) is 7.11. The van der Waals surface area contributed by atoms with Gasteiger partial charge in [-0.3, -0.25) is 14.8 Å². The Bertz CT molecular complexity index is 723. The van der Waals surface area contributed by atoms with E-state index >= 15 is 0 Å². The quantitative estimate of drug-likeness (QED) is 0.927. The number of likely N-dealkylation sites (tertiary alicyclic amines) is 1. The van der Waals surface area contributed by atoms with Crippen molar-refractivity contribution in [1.29, 1.82) is 0 Å². The van der Waals surface area contributed by atoms with Crippen LogP contribution in [0.5, 0.6) is 0 Å². The summed E-state index contributed by atoms with van der Waals surface area (Å²) in [5.74, 6) is 0.135. The van der Waals surface area contributed by atoms with E-state index in [2.05, 4.69) is 33.8 Å². The van der Waals surface area contributed by atoms with Crippen LogP contribution < -0.4 is 0 Å². The first kappa shape index (κ1) is 14.7. The lowest BCUT2D eigenvalue weighted by molar-refractivity contribution is 0.0730. The standard InChI is InChI=1S/C18H24N4O/c1-12(2)22-14-6-7-15(22)11-21(9-8-14)18(23)16-5-3-4-13-10-19-20-17(13)16/h3-5,10,12,14-15H,6-9,11H2,1-2H3,(H,19,20). The number of aromatic amines is 1. The first-order chi connectivity index (χ1) is 11.1. The molecule has 0 radical (unpaired) electrons. The number of para-hydroxylation sites is 1. The van der Waals surface area contributed by atoms with Gasteiger partial charge in [0.25, 0.3) is 5.91 Å². The molecule has 2 fully saturated rings. The van der Waals surface area contributed by atoms with Gasteiger partial charge in [-0.25, -0.2) is 0 Å². The molecular formula is C18H24N4O. The molecule has 0 saturated carbocycles. The van der Waals surface area contributed by atoms with Gasteiger partial charge in [-0.05, 0) is 39.2 Å². The van der Waals surface area contributed by atoms with E-state index in [9.17, 15) is 4.79 Å². The Morgan fingerprint density at radius 1 is 1.26 bits per heavy atom. The number of fused-ring (bicyclic) bond motifs is 3. The maximum atomic E-state index is 13.1. The Morgan fingerprint density at radius 3 is 2.91 bits per heavy atom. The third kappa shape index (κ3) is 2.43. The molecular weight excluding hydrogens is 288 g/mol. The molecule has 2 saturated heterocycles. The van der Waals surface area contributed by atoms with E-state index in [0.29, 0.717) is 18.1 Å². The summed E-state index contributed by atoms with van der Waals surface area (Å²) in [5.41, 5.74) is 1.60. The molecule has 2 aliphatic rings. The zero-order valence-corrected chi connectivity index (χ0v) is 13.8. The van der Waals surface area contributed by atoms with Crippen LogP contribution in [0.2, 0.25) is 0 Å². The second-order valence-electron chi connectivity index (χ2n) is 7.11. The Hall–Kier alpha value is -1.88. The number of amides is 1. The molecule has 1 aromatic carbocycles. The van der Waals surface area contributed by atoms with Crippen molar-refractivity contribution in [2.75, 3.05) is 13.1 Å². The predicted molar refractivity (Wildman–Crippen MR) is 90.4 cm³/mol. The van der Waals surface area contributed by atoms with Crippen LogP contribution in [0.1, 0.15) is 43.5 Å². The van der Waals surface area contributed by atoms with Crippen LogP contribution in [0.25, 0.3) is 10.9 Å². The molecule has 2 bridgehead atoms. The lowest BCUT2D eigenvalue weighted by atomic mass is 10.1. The van der Waals surface area contributed by atoms with Crippen LogP contribution in [0.15, 0.2) is 24.4 Å². The lowest BCUT2D eigenvalue weighted by Gasteiger charge is -2.32. The van der Waals surface area contributed by atoms with Gasteiger partial charge < -0.3 is 4.90 Å². The minimum Gasteiger partial charge on any atom is -0.337 e. The molecule has 0 spiro atoms. The highest BCUT2D eigenvalue weighted by atomic mass is 16.2. The molecule has 122 valence electrons. The van der Waals surface area contributed by atoms with Crippen molar-refractivity contribution in [3.05, 3.63) is 30.0 Å². The Kier molecular flexibility index (Phi) is 3.60. The first-order valence-electron chi connectivity index (χ1n) is 8.64. The number of rotatable bonds is 2. The van der Waals surface area contributed by atoms with Gasteiger partial charge in [0.2, 0.25) is 0 Å². The zero-order valence-electron chi connectivity index (χ0n) is 13.8. The molecule has 4 rings (SSSR count). The molecule has 1 N–H and O–H groups in total. The van der Waals surface area contributed by atoms with Gasteiger partial charge in [0, 0.05) is 36.6 Å². The number of H-pyrrole nitrogens is 1. The summed E-state index contributed by atoms with van der Waals surface area (Å²) in [6.07, 6.45) is 5.35. The van der Waals surface area contributed by atoms with Crippen molar-refractivity contribution in [2.45, 2.75) is 51.2 Å². The van der Waals surface area contributed by atoms with Crippen LogP contribution in [0.3, 0.4) is 0 Å². The van der Waals surface area contributed by atoms with E-state index in [-0.39, 0.29) is 5.91 Å². The van der Waals surface area contributed by atoms with Gasteiger partial charge in [-0.15, -0.1) is 0 Å². The van der Waals surface area contributed by atoms with Crippen molar-refractivity contribution in [3.63, 3.8) is 0 Å². The topological polar surface area (TPSA) is 52.2 Å². The number of nitrogens with one attached hydrogen (secondary N) is 1.